The van der Waals surface area contributed by atoms with Gasteiger partial charge < -0.3 is 23.1 Å². The second-order valence-electron chi connectivity index (χ2n) is 19.4. The Hall–Kier alpha value is -2.90. The highest BCUT2D eigenvalue weighted by Crippen LogP contribution is 2.42. The fraction of sp³-hybridized carbons (Fsp3) is 0.511. The molecule has 1 aliphatic heterocycles. The summed E-state index contributed by atoms with van der Waals surface area (Å²) in [6, 6.07) is 21.4. The molecule has 0 amide bonds. The smallest absolute Gasteiger partial charge is 0.331 e. The Morgan fingerprint density at radius 2 is 1.30 bits per heavy atom. The fourth-order valence-electron chi connectivity index (χ4n) is 6.43. The van der Waals surface area contributed by atoms with Gasteiger partial charge in [-0.05, 0) is 64.7 Å². The summed E-state index contributed by atoms with van der Waals surface area (Å²) in [5, 5.41) is 14.5. The summed E-state index contributed by atoms with van der Waals surface area (Å²) in [6.45, 7) is 31.4. The van der Waals surface area contributed by atoms with Crippen LogP contribution in [0.25, 0.3) is 0 Å². The van der Waals surface area contributed by atoms with Crippen molar-refractivity contribution in [3.05, 3.63) is 121 Å². The van der Waals surface area contributed by atoms with Crippen LogP contribution >= 0.6 is 0 Å². The van der Waals surface area contributed by atoms with Gasteiger partial charge in [-0.3, -0.25) is 0 Å². The van der Waals surface area contributed by atoms with E-state index in [1.807, 2.05) is 49.5 Å². The second kappa shape index (κ2) is 19.2. The average Bonchev–Trinajstić information content (AvgIpc) is 3.09. The zero-order valence-electron chi connectivity index (χ0n) is 36.9. The number of cyclic esters (lactones) is 1. The number of hydrogen-bond donors (Lipinski definition) is 1. The molecule has 0 fully saturated rings. The highest BCUT2D eigenvalue weighted by molar-refractivity contribution is 6.99. The number of allylic oxidation sites excluding steroid dienone is 4. The third kappa shape index (κ3) is 12.5. The molecule has 0 aromatic heterocycles. The quantitative estimate of drug-likeness (QED) is 0.0742. The Labute approximate surface area is 343 Å². The Morgan fingerprint density at radius 1 is 0.768 bits per heavy atom. The maximum absolute atomic E-state index is 12.1. The first-order valence-electron chi connectivity index (χ1n) is 20.2. The molecule has 4 atom stereocenters. The van der Waals surface area contributed by atoms with E-state index in [4.69, 9.17) is 18.0 Å². The van der Waals surface area contributed by atoms with E-state index in [2.05, 4.69) is 161 Å². The largest absolute Gasteiger partial charge is 0.455 e. The van der Waals surface area contributed by atoms with Gasteiger partial charge in [-0.1, -0.05) is 172 Å². The molecule has 3 rings (SSSR count). The van der Waals surface area contributed by atoms with Crippen LogP contribution in [0, 0.1) is 0 Å². The van der Waals surface area contributed by atoms with E-state index < -0.39 is 42.8 Å². The molecule has 6 nitrogen and oxygen atoms in total. The molecule has 0 aliphatic carbocycles. The van der Waals surface area contributed by atoms with Crippen LogP contribution in [0.1, 0.15) is 82.1 Å². The van der Waals surface area contributed by atoms with Gasteiger partial charge in [0.1, 0.15) is 6.10 Å². The van der Waals surface area contributed by atoms with E-state index in [-0.39, 0.29) is 27.2 Å². The molecule has 0 spiro atoms. The number of carbonyl (C=O) groups is 1. The number of aliphatic hydroxyl groups is 1. The number of ether oxygens (including phenoxy) is 1. The fourth-order valence-corrected chi connectivity index (χ4v) is 13.8. The molecule has 0 saturated heterocycles. The van der Waals surface area contributed by atoms with Crippen LogP contribution in [-0.2, 0) is 22.8 Å². The number of benzene rings is 2. The van der Waals surface area contributed by atoms with Crippen molar-refractivity contribution in [3.8, 4) is 0 Å². The van der Waals surface area contributed by atoms with Gasteiger partial charge in [0.15, 0.2) is 16.6 Å². The zero-order valence-corrected chi connectivity index (χ0v) is 39.9. The van der Waals surface area contributed by atoms with Crippen molar-refractivity contribution < 1.29 is 27.9 Å². The monoisotopic (exact) mass is 816 g/mol. The minimum atomic E-state index is -2.62. The van der Waals surface area contributed by atoms with Crippen molar-refractivity contribution in [1.29, 1.82) is 0 Å². The number of esters is 1. The summed E-state index contributed by atoms with van der Waals surface area (Å²) < 4.78 is 26.5. The van der Waals surface area contributed by atoms with Crippen molar-refractivity contribution in [2.75, 3.05) is 6.61 Å². The number of hydrogen-bond acceptors (Lipinski definition) is 6. The van der Waals surface area contributed by atoms with E-state index in [1.54, 1.807) is 0 Å². The molecule has 2 aromatic rings. The van der Waals surface area contributed by atoms with Crippen LogP contribution in [0.2, 0.25) is 41.3 Å². The predicted octanol–water partition coefficient (Wildman–Crippen LogP) is 10.6. The van der Waals surface area contributed by atoms with Gasteiger partial charge in [0.05, 0.1) is 24.4 Å². The van der Waals surface area contributed by atoms with Crippen LogP contribution in [-0.4, -0.2) is 66.5 Å². The lowest BCUT2D eigenvalue weighted by molar-refractivity contribution is -0.141. The minimum absolute atomic E-state index is 0.0209. The first-order chi connectivity index (χ1) is 25.8. The van der Waals surface area contributed by atoms with Gasteiger partial charge >= 0.3 is 5.97 Å². The summed E-state index contributed by atoms with van der Waals surface area (Å²) in [5.74, 6) is -0.360. The Kier molecular flexibility index (Phi) is 16.3. The van der Waals surface area contributed by atoms with E-state index in [0.717, 1.165) is 0 Å². The van der Waals surface area contributed by atoms with Gasteiger partial charge in [-0.25, -0.2) is 4.79 Å². The molecule has 9 heteroatoms. The lowest BCUT2D eigenvalue weighted by atomic mass is 9.93. The summed E-state index contributed by atoms with van der Waals surface area (Å²) in [7, 11) is -7.19. The Bertz CT molecular complexity index is 1650. The molecule has 1 heterocycles. The second-order valence-corrected chi connectivity index (χ2v) is 33.1. The molecule has 0 unspecified atom stereocenters. The van der Waals surface area contributed by atoms with Crippen LogP contribution < -0.4 is 10.4 Å². The lowest BCUT2D eigenvalue weighted by Gasteiger charge is -2.46. The number of rotatable bonds is 17. The molecule has 1 aliphatic rings. The lowest BCUT2D eigenvalue weighted by Crippen LogP contribution is -2.66. The number of carbonyl (C=O) groups excluding carboxylic acids is 1. The summed E-state index contributed by atoms with van der Waals surface area (Å²) >= 11 is 0. The molecular weight excluding hydrogens is 745 g/mol. The van der Waals surface area contributed by atoms with Crippen molar-refractivity contribution in [1.82, 2.24) is 0 Å². The molecule has 2 aromatic carbocycles. The van der Waals surface area contributed by atoms with Gasteiger partial charge in [0, 0.05) is 18.9 Å². The first kappa shape index (κ1) is 47.5. The van der Waals surface area contributed by atoms with Crippen molar-refractivity contribution >= 4 is 41.3 Å². The zero-order chi connectivity index (χ0) is 42.1. The van der Waals surface area contributed by atoms with Crippen molar-refractivity contribution in [2.24, 2.45) is 0 Å². The van der Waals surface area contributed by atoms with Crippen LogP contribution in [0.5, 0.6) is 0 Å². The third-order valence-electron chi connectivity index (χ3n) is 11.8. The third-order valence-corrected chi connectivity index (χ3v) is 25.9. The topological polar surface area (TPSA) is 74.2 Å². The summed E-state index contributed by atoms with van der Waals surface area (Å²) in [5.41, 5.74) is -1.04. The maximum Gasteiger partial charge on any atom is 0.331 e. The molecule has 308 valence electrons. The number of aliphatic hydroxyl groups excluding tert-OH is 1. The highest BCUT2D eigenvalue weighted by atomic mass is 28.4. The van der Waals surface area contributed by atoms with Gasteiger partial charge in [0.2, 0.25) is 0 Å². The first-order valence-corrected chi connectivity index (χ1v) is 27.9. The maximum atomic E-state index is 12.1. The summed E-state index contributed by atoms with van der Waals surface area (Å²) in [4.78, 5) is 12.0. The van der Waals surface area contributed by atoms with Gasteiger partial charge in [-0.2, -0.15) is 0 Å². The van der Waals surface area contributed by atoms with Crippen LogP contribution in [0.15, 0.2) is 121 Å². The Balaban J connectivity index is 1.86. The Morgan fingerprint density at radius 3 is 1.80 bits per heavy atom. The summed E-state index contributed by atoms with van der Waals surface area (Å²) in [6.07, 6.45) is 18.5. The highest BCUT2D eigenvalue weighted by Gasteiger charge is 2.50. The van der Waals surface area contributed by atoms with E-state index >= 15 is 0 Å². The normalized spacial score (nSPS) is 18.9. The minimum Gasteiger partial charge on any atom is -0.455 e. The standard InChI is InChI=1S/C47H72O6Si3/c1-44(2,3)54(11,12)52-39(37-42(48)47(10,53-55(13,14)45(4,5)6)35-34-38-28-26-33-43(49)51-38)27-20-16-15-17-25-36-50-56(46(7,8)9,40-29-21-18-22-30-40)41-31-23-19-24-32-41/h15-27,29-35,38-39,42,48H,28,36-37H2,1-14H3/b16-15-,25-17-,27-20-,35-34+/t38-,39+,42-,47-/m1/s1. The van der Waals surface area contributed by atoms with Gasteiger partial charge in [-0.15, -0.1) is 0 Å². The molecule has 1 N–H and O–H groups in total. The van der Waals surface area contributed by atoms with E-state index in [9.17, 15) is 9.90 Å². The van der Waals surface area contributed by atoms with E-state index in [0.29, 0.717) is 19.4 Å². The molecule has 56 heavy (non-hydrogen) atoms. The molecule has 0 saturated carbocycles. The molecule has 0 bridgehead atoms. The van der Waals surface area contributed by atoms with Gasteiger partial charge in [0.25, 0.3) is 8.32 Å². The van der Waals surface area contributed by atoms with Crippen molar-refractivity contribution in [3.63, 3.8) is 0 Å². The van der Waals surface area contributed by atoms with Crippen LogP contribution in [0.4, 0.5) is 0 Å². The SMILES string of the molecule is CC(C)(C)[Si](C)(C)O[C@@H](\C=C/C=C\C=C/CO[Si](c1ccccc1)(c1ccccc1)C(C)(C)C)C[C@@H](O)[C@@](C)(/C=C/[C@H]1CC=CC(=O)O1)O[Si](C)(C)C(C)(C)C. The van der Waals surface area contributed by atoms with E-state index in [1.165, 1.54) is 16.4 Å². The average molecular weight is 817 g/mol. The molecular formula is C47H72O6Si3. The molecule has 0 radical (unpaired) electrons. The predicted molar refractivity (Wildman–Crippen MR) is 243 cm³/mol. The van der Waals surface area contributed by atoms with Crippen LogP contribution in [0.3, 0.4) is 0 Å². The van der Waals surface area contributed by atoms with Crippen molar-refractivity contribution in [2.45, 2.75) is 147 Å².